The van der Waals surface area contributed by atoms with Crippen molar-refractivity contribution in [1.82, 2.24) is 0 Å². The van der Waals surface area contributed by atoms with Gasteiger partial charge in [0.1, 0.15) is 10.5 Å². The van der Waals surface area contributed by atoms with Crippen LogP contribution in [-0.4, -0.2) is 32.4 Å². The van der Waals surface area contributed by atoms with Crippen molar-refractivity contribution in [2.45, 2.75) is 31.9 Å². The van der Waals surface area contributed by atoms with Gasteiger partial charge in [-0.15, -0.1) is 0 Å². The molecule has 1 N–H and O–H groups in total. The largest absolute Gasteiger partial charge is 0.494 e. The average molecular weight is 284 g/mol. The van der Waals surface area contributed by atoms with Crippen LogP contribution < -0.4 is 4.74 Å². The van der Waals surface area contributed by atoms with E-state index in [4.69, 9.17) is 9.84 Å². The van der Waals surface area contributed by atoms with Crippen molar-refractivity contribution in [1.29, 1.82) is 0 Å². The molecule has 19 heavy (non-hydrogen) atoms. The minimum absolute atomic E-state index is 0.325. The number of hydrogen-bond acceptors (Lipinski definition) is 3. The van der Waals surface area contributed by atoms with Crippen LogP contribution in [0.3, 0.4) is 0 Å². The van der Waals surface area contributed by atoms with Gasteiger partial charge < -0.3 is 9.84 Å². The van der Waals surface area contributed by atoms with Gasteiger partial charge in [-0.1, -0.05) is 17.7 Å². The molecular formula is C14H20O4S. The van der Waals surface area contributed by atoms with E-state index in [0.717, 1.165) is 11.3 Å². The lowest BCUT2D eigenvalue weighted by atomic mass is 10.2. The van der Waals surface area contributed by atoms with E-state index in [-0.39, 0.29) is 0 Å². The molecule has 5 heteroatoms. The summed E-state index contributed by atoms with van der Waals surface area (Å²) in [6.07, 6.45) is 0.567. The smallest absolute Gasteiger partial charge is 0.321 e. The number of aliphatic carboxylic acids is 1. The first-order valence-corrected chi connectivity index (χ1v) is 7.47. The highest BCUT2D eigenvalue weighted by Crippen LogP contribution is 2.15. The molecule has 0 bridgehead atoms. The van der Waals surface area contributed by atoms with Gasteiger partial charge in [0, 0.05) is 16.6 Å². The third kappa shape index (κ3) is 4.67. The summed E-state index contributed by atoms with van der Waals surface area (Å²) < 4.78 is 16.1. The van der Waals surface area contributed by atoms with E-state index in [1.807, 2.05) is 31.2 Å². The van der Waals surface area contributed by atoms with Crippen molar-refractivity contribution in [3.05, 3.63) is 29.8 Å². The Balaban J connectivity index is 2.33. The molecule has 0 aliphatic heterocycles. The summed E-state index contributed by atoms with van der Waals surface area (Å²) in [6.45, 7) is 5.39. The maximum Gasteiger partial charge on any atom is 0.321 e. The Labute approximate surface area is 116 Å². The van der Waals surface area contributed by atoms with Crippen molar-refractivity contribution < 1.29 is 18.8 Å². The second-order valence-corrected chi connectivity index (χ2v) is 7.00. The first-order chi connectivity index (χ1) is 8.84. The molecule has 0 amide bonds. The second-order valence-electron chi connectivity index (χ2n) is 4.88. The van der Waals surface area contributed by atoms with Crippen molar-refractivity contribution in [3.8, 4) is 5.75 Å². The Bertz CT molecular complexity index is 451. The van der Waals surface area contributed by atoms with Crippen LogP contribution in [0.5, 0.6) is 5.75 Å². The molecule has 1 atom stereocenters. The van der Waals surface area contributed by atoms with Crippen LogP contribution in [0.1, 0.15) is 25.8 Å². The van der Waals surface area contributed by atoms with Crippen molar-refractivity contribution >= 4 is 16.8 Å². The molecule has 1 rings (SSSR count). The quantitative estimate of drug-likeness (QED) is 0.781. The lowest BCUT2D eigenvalue weighted by Crippen LogP contribution is -2.37. The molecule has 0 saturated carbocycles. The zero-order valence-electron chi connectivity index (χ0n) is 11.5. The molecule has 1 aromatic rings. The summed E-state index contributed by atoms with van der Waals surface area (Å²) in [7, 11) is -1.40. The molecule has 0 spiro atoms. The van der Waals surface area contributed by atoms with E-state index < -0.39 is 21.5 Å². The summed E-state index contributed by atoms with van der Waals surface area (Å²) in [5.74, 6) is 0.0599. The molecule has 1 aromatic carbocycles. The number of ether oxygens (including phenoxy) is 1. The first-order valence-electron chi connectivity index (χ1n) is 6.15. The molecule has 4 nitrogen and oxygen atoms in total. The first kappa shape index (κ1) is 15.7. The van der Waals surface area contributed by atoms with Gasteiger partial charge in [0.15, 0.2) is 0 Å². The highest BCUT2D eigenvalue weighted by molar-refractivity contribution is 7.87. The van der Waals surface area contributed by atoms with Crippen LogP contribution in [0.25, 0.3) is 0 Å². The molecule has 1 unspecified atom stereocenters. The molecule has 0 radical (unpaired) electrons. The Kier molecular flexibility index (Phi) is 5.54. The number of aryl methyl sites for hydroxylation is 1. The summed E-state index contributed by atoms with van der Waals surface area (Å²) in [5.41, 5.74) is 1.16. The fourth-order valence-electron chi connectivity index (χ4n) is 1.37. The van der Waals surface area contributed by atoms with Crippen molar-refractivity contribution in [2.75, 3.05) is 12.4 Å². The predicted molar refractivity (Wildman–Crippen MR) is 76.0 cm³/mol. The Hall–Kier alpha value is -1.36. The van der Waals surface area contributed by atoms with Crippen LogP contribution in [-0.2, 0) is 15.6 Å². The number of carboxylic acid groups (broad SMARTS) is 1. The van der Waals surface area contributed by atoms with Gasteiger partial charge in [0.25, 0.3) is 0 Å². The molecular weight excluding hydrogens is 264 g/mol. The standard InChI is InChI=1S/C14H20O4S/c1-11-5-7-12(8-6-11)18-9-4-10-19(17)14(2,3)13(15)16/h5-8H,4,9-10H2,1-3H3,(H,15,16). The fourth-order valence-corrected chi connectivity index (χ4v) is 2.45. The van der Waals surface area contributed by atoms with E-state index in [0.29, 0.717) is 18.8 Å². The van der Waals surface area contributed by atoms with Gasteiger partial charge in [-0.2, -0.15) is 0 Å². The van der Waals surface area contributed by atoms with Crippen LogP contribution >= 0.6 is 0 Å². The predicted octanol–water partition coefficient (Wildman–Crippen LogP) is 2.38. The normalized spacial score (nSPS) is 13.0. The Morgan fingerprint density at radius 2 is 1.89 bits per heavy atom. The van der Waals surface area contributed by atoms with Gasteiger partial charge >= 0.3 is 5.97 Å². The number of benzene rings is 1. The number of hydrogen-bond donors (Lipinski definition) is 1. The van der Waals surface area contributed by atoms with E-state index in [2.05, 4.69) is 0 Å². The van der Waals surface area contributed by atoms with Crippen LogP contribution in [0.2, 0.25) is 0 Å². The van der Waals surface area contributed by atoms with Gasteiger partial charge in [0.05, 0.1) is 6.61 Å². The SMILES string of the molecule is Cc1ccc(OCCCS(=O)C(C)(C)C(=O)O)cc1. The highest BCUT2D eigenvalue weighted by atomic mass is 32.2. The summed E-state index contributed by atoms with van der Waals surface area (Å²) in [5, 5.41) is 8.95. The zero-order chi connectivity index (χ0) is 14.5. The number of rotatable bonds is 7. The monoisotopic (exact) mass is 284 g/mol. The molecule has 106 valence electrons. The van der Waals surface area contributed by atoms with Crippen LogP contribution in [0, 0.1) is 6.92 Å². The number of carboxylic acids is 1. The van der Waals surface area contributed by atoms with E-state index in [1.54, 1.807) is 0 Å². The van der Waals surface area contributed by atoms with E-state index in [9.17, 15) is 9.00 Å². The van der Waals surface area contributed by atoms with Crippen LogP contribution in [0.4, 0.5) is 0 Å². The Morgan fingerprint density at radius 3 is 2.42 bits per heavy atom. The molecule has 0 aliphatic rings. The van der Waals surface area contributed by atoms with Crippen LogP contribution in [0.15, 0.2) is 24.3 Å². The molecule has 0 aliphatic carbocycles. The molecule has 0 saturated heterocycles. The summed E-state index contributed by atoms with van der Waals surface area (Å²) in [6, 6.07) is 7.68. The maximum absolute atomic E-state index is 11.8. The second kappa shape index (κ2) is 6.70. The third-order valence-electron chi connectivity index (χ3n) is 2.85. The summed E-state index contributed by atoms with van der Waals surface area (Å²) >= 11 is 0. The molecule has 0 heterocycles. The third-order valence-corrected chi connectivity index (χ3v) is 4.82. The molecule has 0 fully saturated rings. The van der Waals surface area contributed by atoms with Gasteiger partial charge in [0.2, 0.25) is 0 Å². The molecule has 0 aromatic heterocycles. The minimum Gasteiger partial charge on any atom is -0.494 e. The minimum atomic E-state index is -1.40. The van der Waals surface area contributed by atoms with E-state index >= 15 is 0 Å². The average Bonchev–Trinajstić information content (AvgIpc) is 2.36. The van der Waals surface area contributed by atoms with Crippen molar-refractivity contribution in [2.24, 2.45) is 0 Å². The van der Waals surface area contributed by atoms with Gasteiger partial charge in [-0.3, -0.25) is 9.00 Å². The number of carbonyl (C=O) groups is 1. The fraction of sp³-hybridized carbons (Fsp3) is 0.500. The van der Waals surface area contributed by atoms with Crippen molar-refractivity contribution in [3.63, 3.8) is 0 Å². The summed E-state index contributed by atoms with van der Waals surface area (Å²) in [4.78, 5) is 10.9. The van der Waals surface area contributed by atoms with Gasteiger partial charge in [-0.25, -0.2) is 0 Å². The highest BCUT2D eigenvalue weighted by Gasteiger charge is 2.33. The lowest BCUT2D eigenvalue weighted by molar-refractivity contribution is -0.139. The van der Waals surface area contributed by atoms with Gasteiger partial charge in [-0.05, 0) is 39.3 Å². The van der Waals surface area contributed by atoms with E-state index in [1.165, 1.54) is 13.8 Å². The lowest BCUT2D eigenvalue weighted by Gasteiger charge is -2.18. The zero-order valence-corrected chi connectivity index (χ0v) is 12.3. The Morgan fingerprint density at radius 1 is 1.32 bits per heavy atom. The topological polar surface area (TPSA) is 63.6 Å². The maximum atomic E-state index is 11.8.